The Kier molecular flexibility index (Phi) is 3.59. The van der Waals surface area contributed by atoms with Gasteiger partial charge in [0.05, 0.1) is 11.5 Å². The molecular weight excluding hydrogens is 200 g/mol. The Morgan fingerprint density at radius 3 is 2.80 bits per heavy atom. The number of nitrogens with two attached hydrogens (primary N) is 1. The van der Waals surface area contributed by atoms with Crippen LogP contribution in [0.5, 0.6) is 5.75 Å². The smallest absolute Gasteiger partial charge is 0.310 e. The number of aromatic hydroxyl groups is 1. The first kappa shape index (κ1) is 11.4. The van der Waals surface area contributed by atoms with E-state index < -0.39 is 4.92 Å². The first-order valence-corrected chi connectivity index (χ1v) is 4.35. The van der Waals surface area contributed by atoms with E-state index >= 15 is 0 Å². The van der Waals surface area contributed by atoms with Crippen LogP contribution in [0.15, 0.2) is 18.2 Å². The largest absolute Gasteiger partial charge is 0.502 e. The highest BCUT2D eigenvalue weighted by molar-refractivity contribution is 5.48. The maximum absolute atomic E-state index is 10.4. The molecule has 1 aromatic rings. The highest BCUT2D eigenvalue weighted by Crippen LogP contribution is 2.29. The summed E-state index contributed by atoms with van der Waals surface area (Å²) in [5, 5.41) is 19.8. The normalized spacial score (nSPS) is 12.4. The van der Waals surface area contributed by atoms with Gasteiger partial charge >= 0.3 is 5.69 Å². The number of hydrogen-bond donors (Lipinski definition) is 2. The quantitative estimate of drug-likeness (QED) is 0.578. The summed E-state index contributed by atoms with van der Waals surface area (Å²) in [5.41, 5.74) is 0.433. The highest BCUT2D eigenvalue weighted by atomic mass is 16.6. The van der Waals surface area contributed by atoms with E-state index in [1.54, 1.807) is 6.07 Å². The molecule has 1 rings (SSSR count). The van der Waals surface area contributed by atoms with Crippen molar-refractivity contribution in [3.05, 3.63) is 33.9 Å². The second-order valence-electron chi connectivity index (χ2n) is 3.24. The zero-order valence-corrected chi connectivity index (χ0v) is 8.21. The minimum absolute atomic E-state index is 0.0262. The Labute approximate surface area is 86.4 Å². The van der Waals surface area contributed by atoms with Crippen molar-refractivity contribution in [3.63, 3.8) is 0 Å². The van der Waals surface area contributed by atoms with E-state index in [0.717, 1.165) is 5.56 Å². The van der Waals surface area contributed by atoms with E-state index in [9.17, 15) is 15.2 Å². The second kappa shape index (κ2) is 4.72. The maximum Gasteiger partial charge on any atom is 0.310 e. The van der Waals surface area contributed by atoms with Gasteiger partial charge in [0.25, 0.3) is 0 Å². The molecule has 3 N–H and O–H groups in total. The van der Waals surface area contributed by atoms with Gasteiger partial charge in [-0.05, 0) is 11.6 Å². The number of benzene rings is 1. The number of hydrogen-bond acceptors (Lipinski definition) is 5. The zero-order chi connectivity index (χ0) is 11.4. The zero-order valence-electron chi connectivity index (χ0n) is 8.21. The van der Waals surface area contributed by atoms with Crippen molar-refractivity contribution in [2.24, 2.45) is 5.90 Å². The van der Waals surface area contributed by atoms with Crippen molar-refractivity contribution in [1.29, 1.82) is 0 Å². The summed E-state index contributed by atoms with van der Waals surface area (Å²) in [7, 11) is 0. The Bertz CT molecular complexity index is 367. The second-order valence-corrected chi connectivity index (χ2v) is 3.24. The molecule has 0 aliphatic heterocycles. The molecule has 0 aliphatic carbocycles. The third-order valence-corrected chi connectivity index (χ3v) is 2.11. The van der Waals surface area contributed by atoms with Crippen LogP contribution in [-0.4, -0.2) is 16.6 Å². The van der Waals surface area contributed by atoms with Crippen LogP contribution in [0, 0.1) is 10.1 Å². The molecular formula is C9H12N2O4. The lowest BCUT2D eigenvalue weighted by molar-refractivity contribution is -0.385. The molecule has 82 valence electrons. The van der Waals surface area contributed by atoms with Crippen LogP contribution in [0.3, 0.4) is 0 Å². The molecule has 0 heterocycles. The average Bonchev–Trinajstić information content (AvgIpc) is 2.17. The van der Waals surface area contributed by atoms with Crippen molar-refractivity contribution in [3.8, 4) is 5.75 Å². The number of phenols is 1. The predicted molar refractivity (Wildman–Crippen MR) is 53.3 cm³/mol. The SMILES string of the molecule is CC(CON)c1ccc([N+](=O)[O-])c(O)c1. The lowest BCUT2D eigenvalue weighted by Gasteiger charge is -2.09. The summed E-state index contributed by atoms with van der Waals surface area (Å²) in [6, 6.07) is 4.18. The van der Waals surface area contributed by atoms with E-state index in [1.165, 1.54) is 12.1 Å². The van der Waals surface area contributed by atoms with E-state index in [2.05, 4.69) is 4.84 Å². The van der Waals surface area contributed by atoms with Crippen LogP contribution in [-0.2, 0) is 4.84 Å². The fourth-order valence-electron chi connectivity index (χ4n) is 1.24. The van der Waals surface area contributed by atoms with Crippen LogP contribution in [0.1, 0.15) is 18.4 Å². The van der Waals surface area contributed by atoms with Gasteiger partial charge in [-0.1, -0.05) is 13.0 Å². The number of nitro benzene ring substituents is 1. The van der Waals surface area contributed by atoms with Gasteiger partial charge in [-0.3, -0.25) is 10.1 Å². The van der Waals surface area contributed by atoms with E-state index in [1.807, 2.05) is 6.92 Å². The van der Waals surface area contributed by atoms with Crippen molar-refractivity contribution < 1.29 is 14.9 Å². The topological polar surface area (TPSA) is 98.6 Å². The van der Waals surface area contributed by atoms with Gasteiger partial charge in [-0.15, -0.1) is 0 Å². The van der Waals surface area contributed by atoms with Crippen molar-refractivity contribution in [2.75, 3.05) is 6.61 Å². The lowest BCUT2D eigenvalue weighted by atomic mass is 10.0. The molecule has 0 aromatic heterocycles. The van der Waals surface area contributed by atoms with Crippen LogP contribution < -0.4 is 5.90 Å². The molecule has 1 unspecified atom stereocenters. The van der Waals surface area contributed by atoms with E-state index in [4.69, 9.17) is 5.90 Å². The molecule has 0 aliphatic rings. The van der Waals surface area contributed by atoms with Gasteiger partial charge in [-0.2, -0.15) is 0 Å². The average molecular weight is 212 g/mol. The summed E-state index contributed by atoms with van der Waals surface area (Å²) < 4.78 is 0. The number of nitrogens with zero attached hydrogens (tertiary/aromatic N) is 1. The highest BCUT2D eigenvalue weighted by Gasteiger charge is 2.15. The molecule has 0 saturated carbocycles. The minimum atomic E-state index is -0.636. The molecule has 15 heavy (non-hydrogen) atoms. The number of phenolic OH excluding ortho intramolecular Hbond substituents is 1. The van der Waals surface area contributed by atoms with Crippen molar-refractivity contribution in [1.82, 2.24) is 0 Å². The third kappa shape index (κ3) is 2.64. The molecule has 0 bridgehead atoms. The Balaban J connectivity index is 2.96. The Hall–Kier alpha value is -1.66. The minimum Gasteiger partial charge on any atom is -0.502 e. The van der Waals surface area contributed by atoms with Crippen LogP contribution in [0.2, 0.25) is 0 Å². The van der Waals surface area contributed by atoms with Gasteiger partial charge < -0.3 is 9.94 Å². The maximum atomic E-state index is 10.4. The third-order valence-electron chi connectivity index (χ3n) is 2.11. The van der Waals surface area contributed by atoms with Gasteiger partial charge in [-0.25, -0.2) is 5.90 Å². The fourth-order valence-corrected chi connectivity index (χ4v) is 1.24. The van der Waals surface area contributed by atoms with Crippen molar-refractivity contribution >= 4 is 5.69 Å². The van der Waals surface area contributed by atoms with Crippen LogP contribution in [0.4, 0.5) is 5.69 Å². The van der Waals surface area contributed by atoms with Crippen molar-refractivity contribution in [2.45, 2.75) is 12.8 Å². The first-order chi connectivity index (χ1) is 7.06. The van der Waals surface area contributed by atoms with Crippen LogP contribution >= 0.6 is 0 Å². The van der Waals surface area contributed by atoms with Crippen LogP contribution in [0.25, 0.3) is 0 Å². The first-order valence-electron chi connectivity index (χ1n) is 4.35. The summed E-state index contributed by atoms with van der Waals surface area (Å²) in [5.74, 6) is 4.54. The van der Waals surface area contributed by atoms with Gasteiger partial charge in [0.15, 0.2) is 5.75 Å². The van der Waals surface area contributed by atoms with Gasteiger partial charge in [0.2, 0.25) is 0 Å². The summed E-state index contributed by atoms with van der Waals surface area (Å²) >= 11 is 0. The Morgan fingerprint density at radius 2 is 2.33 bits per heavy atom. The summed E-state index contributed by atoms with van der Waals surface area (Å²) in [4.78, 5) is 14.3. The van der Waals surface area contributed by atoms with Gasteiger partial charge in [0.1, 0.15) is 0 Å². The fraction of sp³-hybridized carbons (Fsp3) is 0.333. The van der Waals surface area contributed by atoms with E-state index in [-0.39, 0.29) is 24.0 Å². The molecule has 6 nitrogen and oxygen atoms in total. The number of rotatable bonds is 4. The molecule has 0 amide bonds. The predicted octanol–water partition coefficient (Wildman–Crippen LogP) is 1.29. The molecule has 6 heteroatoms. The molecule has 0 fully saturated rings. The molecule has 1 atom stereocenters. The molecule has 0 radical (unpaired) electrons. The van der Waals surface area contributed by atoms with Gasteiger partial charge in [0, 0.05) is 12.0 Å². The Morgan fingerprint density at radius 1 is 1.67 bits per heavy atom. The molecule has 1 aromatic carbocycles. The molecule has 0 spiro atoms. The monoisotopic (exact) mass is 212 g/mol. The standard InChI is InChI=1S/C9H12N2O4/c1-6(5-15-10)7-2-3-8(11(13)14)9(12)4-7/h2-4,6,12H,5,10H2,1H3. The lowest BCUT2D eigenvalue weighted by Crippen LogP contribution is -2.08. The summed E-state index contributed by atoms with van der Waals surface area (Å²) in [6.45, 7) is 2.13. The van der Waals surface area contributed by atoms with E-state index in [0.29, 0.717) is 0 Å². The summed E-state index contributed by atoms with van der Waals surface area (Å²) in [6.07, 6.45) is 0. The number of nitro groups is 1. The molecule has 0 saturated heterocycles.